The number of nitrogens with one attached hydrogen (secondary N) is 3. The minimum atomic E-state index is -3.91. The molecule has 4 aliphatic heterocycles. The summed E-state index contributed by atoms with van der Waals surface area (Å²) in [4.78, 5) is 73.4. The van der Waals surface area contributed by atoms with E-state index in [1.165, 1.54) is 15.9 Å². The molecule has 2 aliphatic carbocycles. The molecule has 4 heterocycles. The van der Waals surface area contributed by atoms with Gasteiger partial charge in [0.15, 0.2) is 0 Å². The summed E-state index contributed by atoms with van der Waals surface area (Å²) in [6.07, 6.45) is 9.11. The lowest BCUT2D eigenvalue weighted by Crippen LogP contribution is -2.59. The summed E-state index contributed by atoms with van der Waals surface area (Å²) in [6, 6.07) is 2.15. The molecule has 6 aliphatic rings. The first-order chi connectivity index (χ1) is 24.9. The molecule has 282 valence electrons. The predicted molar refractivity (Wildman–Crippen MR) is 185 cm³/mol. The van der Waals surface area contributed by atoms with E-state index >= 15 is 0 Å². The summed E-state index contributed by atoms with van der Waals surface area (Å²) in [5.41, 5.74) is -0.467. The van der Waals surface area contributed by atoms with Gasteiger partial charge >= 0.3 is 12.1 Å². The Morgan fingerprint density at radius 3 is 2.48 bits per heavy atom. The van der Waals surface area contributed by atoms with Crippen LogP contribution in [0.4, 0.5) is 14.0 Å². The molecule has 16 heteroatoms. The topological polar surface area (TPSA) is 175 Å². The monoisotopic (exact) mass is 742 g/mol. The van der Waals surface area contributed by atoms with Crippen molar-refractivity contribution < 1.29 is 41.5 Å². The highest BCUT2D eigenvalue weighted by atomic mass is 32.2. The van der Waals surface area contributed by atoms with Crippen molar-refractivity contribution in [2.75, 3.05) is 19.6 Å². The fraction of sp³-hybridized carbons (Fsp3) is 0.639. The van der Waals surface area contributed by atoms with Gasteiger partial charge in [0.2, 0.25) is 21.8 Å². The Bertz CT molecular complexity index is 1750. The molecule has 14 nitrogen and oxygen atoms in total. The third-order valence-corrected chi connectivity index (χ3v) is 13.1. The van der Waals surface area contributed by atoms with E-state index in [1.54, 1.807) is 17.0 Å². The van der Waals surface area contributed by atoms with Gasteiger partial charge in [0.25, 0.3) is 5.91 Å². The third kappa shape index (κ3) is 7.62. The molecule has 0 bridgehead atoms. The number of fused-ring (bicyclic) bond motifs is 3. The Hall–Kier alpha value is -4.21. The molecular formula is C36H47FN6O8S. The van der Waals surface area contributed by atoms with Gasteiger partial charge in [-0.2, -0.15) is 0 Å². The quantitative estimate of drug-likeness (QED) is 0.387. The Morgan fingerprint density at radius 2 is 1.73 bits per heavy atom. The third-order valence-electron chi connectivity index (χ3n) is 11.2. The van der Waals surface area contributed by atoms with E-state index in [-0.39, 0.29) is 38.5 Å². The molecule has 5 atom stereocenters. The number of halogens is 1. The summed E-state index contributed by atoms with van der Waals surface area (Å²) >= 11 is 0. The molecule has 1 aromatic carbocycles. The second-order valence-corrected chi connectivity index (χ2v) is 17.0. The van der Waals surface area contributed by atoms with Crippen LogP contribution in [0, 0.1) is 11.7 Å². The van der Waals surface area contributed by atoms with E-state index < -0.39 is 74.5 Å². The number of amides is 6. The van der Waals surface area contributed by atoms with Crippen LogP contribution in [0.25, 0.3) is 0 Å². The molecule has 2 saturated carbocycles. The van der Waals surface area contributed by atoms with E-state index in [4.69, 9.17) is 4.74 Å². The van der Waals surface area contributed by atoms with E-state index in [9.17, 15) is 36.8 Å². The van der Waals surface area contributed by atoms with Crippen LogP contribution in [0.1, 0.15) is 88.2 Å². The van der Waals surface area contributed by atoms with Gasteiger partial charge in [-0.05, 0) is 69.4 Å². The normalized spacial score (nSPS) is 30.1. The maximum absolute atomic E-state index is 14.4. The molecule has 0 aromatic heterocycles. The highest BCUT2D eigenvalue weighted by molar-refractivity contribution is 7.91. The van der Waals surface area contributed by atoms with Gasteiger partial charge in [-0.25, -0.2) is 22.4 Å². The zero-order valence-corrected chi connectivity index (χ0v) is 30.0. The maximum Gasteiger partial charge on any atom is 0.410 e. The molecule has 2 saturated heterocycles. The fourth-order valence-electron chi connectivity index (χ4n) is 7.91. The zero-order chi connectivity index (χ0) is 36.6. The number of benzene rings is 1. The summed E-state index contributed by atoms with van der Waals surface area (Å²) in [5, 5.41) is 5.10. The fourth-order valence-corrected chi connectivity index (χ4v) is 9.28. The van der Waals surface area contributed by atoms with Gasteiger partial charge in [-0.3, -0.25) is 24.0 Å². The summed E-state index contributed by atoms with van der Waals surface area (Å²) < 4.78 is 48.0. The highest BCUT2D eigenvalue weighted by Crippen LogP contribution is 2.46. The summed E-state index contributed by atoms with van der Waals surface area (Å²) in [7, 11) is -3.91. The smallest absolute Gasteiger partial charge is 0.410 e. The number of rotatable bonds is 5. The number of urea groups is 1. The average molecular weight is 743 g/mol. The van der Waals surface area contributed by atoms with Crippen LogP contribution in [-0.4, -0.2) is 102 Å². The molecule has 1 aromatic rings. The van der Waals surface area contributed by atoms with Crippen LogP contribution in [-0.2, 0) is 42.2 Å². The molecule has 6 amide bonds. The van der Waals surface area contributed by atoms with Crippen LogP contribution >= 0.6 is 0 Å². The van der Waals surface area contributed by atoms with Crippen LogP contribution in [0.5, 0.6) is 0 Å². The number of hydrogen-bond acceptors (Lipinski definition) is 8. The summed E-state index contributed by atoms with van der Waals surface area (Å²) in [6.45, 7) is 1.18. The van der Waals surface area contributed by atoms with Crippen molar-refractivity contribution in [3.63, 3.8) is 0 Å². The van der Waals surface area contributed by atoms with Crippen LogP contribution in [0.2, 0.25) is 0 Å². The number of allylic oxidation sites excluding steroid dienone is 1. The average Bonchev–Trinajstić information content (AvgIpc) is 4.01. The second kappa shape index (κ2) is 14.7. The summed E-state index contributed by atoms with van der Waals surface area (Å²) in [5.74, 6) is -2.89. The zero-order valence-electron chi connectivity index (χ0n) is 29.2. The van der Waals surface area contributed by atoms with Crippen molar-refractivity contribution in [3.8, 4) is 0 Å². The van der Waals surface area contributed by atoms with E-state index in [0.29, 0.717) is 56.3 Å². The minimum Gasteiger partial charge on any atom is -0.444 e. The number of hydrogen-bond donors (Lipinski definition) is 3. The van der Waals surface area contributed by atoms with Crippen molar-refractivity contribution in [2.24, 2.45) is 5.92 Å². The van der Waals surface area contributed by atoms with Gasteiger partial charge in [0, 0.05) is 37.5 Å². The molecule has 52 heavy (non-hydrogen) atoms. The molecule has 7 rings (SSSR count). The van der Waals surface area contributed by atoms with E-state index in [0.717, 1.165) is 32.1 Å². The maximum atomic E-state index is 14.4. The first-order valence-electron chi connectivity index (χ1n) is 18.6. The first-order valence-corrected chi connectivity index (χ1v) is 20.1. The van der Waals surface area contributed by atoms with Gasteiger partial charge in [0.05, 0.1) is 18.3 Å². The molecular weight excluding hydrogens is 695 g/mol. The van der Waals surface area contributed by atoms with Crippen molar-refractivity contribution in [3.05, 3.63) is 47.3 Å². The Labute approximate surface area is 302 Å². The Balaban J connectivity index is 1.13. The second-order valence-electron chi connectivity index (χ2n) is 15.0. The Morgan fingerprint density at radius 1 is 0.962 bits per heavy atom. The number of carbonyl (C=O) groups excluding carboxylic acids is 5. The van der Waals surface area contributed by atoms with Crippen molar-refractivity contribution in [1.82, 2.24) is 30.1 Å². The SMILES string of the molecule is O=C1N[C@]2(C(=O)NS(=O)(=O)C3CC3)C[C@@H]2/C=C\CCCCC[C@H](NC(=O)N2CCCCC2)C(=O)N2C[C@H](OC(=O)N3Cc4cccc(F)c4C3)C[C@@H]12. The van der Waals surface area contributed by atoms with Gasteiger partial charge in [-0.1, -0.05) is 37.1 Å². The lowest BCUT2D eigenvalue weighted by molar-refractivity contribution is -0.141. The van der Waals surface area contributed by atoms with Crippen molar-refractivity contribution >= 4 is 39.9 Å². The van der Waals surface area contributed by atoms with Crippen LogP contribution in [0.15, 0.2) is 30.4 Å². The number of sulfonamides is 1. The van der Waals surface area contributed by atoms with Crippen molar-refractivity contribution in [1.29, 1.82) is 0 Å². The van der Waals surface area contributed by atoms with Crippen LogP contribution < -0.4 is 15.4 Å². The molecule has 0 spiro atoms. The molecule has 3 N–H and O–H groups in total. The number of ether oxygens (including phenoxy) is 1. The van der Waals surface area contributed by atoms with E-state index in [1.807, 2.05) is 12.2 Å². The van der Waals surface area contributed by atoms with Gasteiger partial charge < -0.3 is 25.2 Å². The number of nitrogens with zero attached hydrogens (tertiary/aromatic N) is 3. The van der Waals surface area contributed by atoms with Crippen LogP contribution in [0.3, 0.4) is 0 Å². The van der Waals surface area contributed by atoms with E-state index in [2.05, 4.69) is 15.4 Å². The lowest BCUT2D eigenvalue weighted by atomic mass is 10.0. The molecule has 0 radical (unpaired) electrons. The number of carbonyl (C=O) groups is 5. The van der Waals surface area contributed by atoms with Gasteiger partial charge in [-0.15, -0.1) is 0 Å². The number of piperidine rings is 1. The molecule has 4 fully saturated rings. The number of likely N-dealkylation sites (tertiary alicyclic amines) is 1. The first kappa shape index (κ1) is 36.2. The van der Waals surface area contributed by atoms with Gasteiger partial charge in [0.1, 0.15) is 29.5 Å². The predicted octanol–water partition coefficient (Wildman–Crippen LogP) is 2.82. The Kier molecular flexibility index (Phi) is 10.2. The standard InChI is InChI=1S/C36H47FN6O8S/c37-28-12-9-10-23-20-42(22-27(23)28)35(48)51-25-18-30-31(44)39-36(33(46)40-52(49,50)26-14-15-26)19-24(36)11-5-2-1-3-6-13-29(32(45)43(30)21-25)38-34(47)41-16-7-4-8-17-41/h5,9-12,24-26,29-30H,1-4,6-8,13-22H2,(H,38,47)(H,39,44)(H,40,46)/b11-5-/t24-,25+,29-,30-,36+/m0/s1. The lowest BCUT2D eigenvalue weighted by Gasteiger charge is -2.32. The largest absolute Gasteiger partial charge is 0.444 e. The highest BCUT2D eigenvalue weighted by Gasteiger charge is 2.62. The molecule has 0 unspecified atom stereocenters. The minimum absolute atomic E-state index is 0.0149. The van der Waals surface area contributed by atoms with Crippen molar-refractivity contribution in [2.45, 2.75) is 119 Å².